The van der Waals surface area contributed by atoms with Crippen LogP contribution >= 0.6 is 0 Å². The predicted octanol–water partition coefficient (Wildman–Crippen LogP) is 3.74. The first-order valence-corrected chi connectivity index (χ1v) is 6.02. The fraction of sp³-hybridized carbons (Fsp3) is 0.200. The van der Waals surface area contributed by atoms with Gasteiger partial charge >= 0.3 is 0 Å². The molecule has 0 spiro atoms. The first-order valence-electron chi connectivity index (χ1n) is 6.02. The van der Waals surface area contributed by atoms with Crippen LogP contribution in [0.4, 0.5) is 13.2 Å². The summed E-state index contributed by atoms with van der Waals surface area (Å²) in [6, 6.07) is 7.41. The highest BCUT2D eigenvalue weighted by molar-refractivity contribution is 5.35. The summed E-state index contributed by atoms with van der Waals surface area (Å²) in [5, 5.41) is 9.55. The molecule has 2 nitrogen and oxygen atoms in total. The number of hydrogen-bond acceptors (Lipinski definition) is 2. The molecule has 0 fully saturated rings. The number of hydrogen-bond donors (Lipinski definition) is 1. The summed E-state index contributed by atoms with van der Waals surface area (Å²) in [5.74, 6) is -2.41. The summed E-state index contributed by atoms with van der Waals surface area (Å²) < 4.78 is 45.0. The van der Waals surface area contributed by atoms with Crippen molar-refractivity contribution >= 4 is 0 Å². The van der Waals surface area contributed by atoms with Crippen LogP contribution < -0.4 is 4.74 Å². The lowest BCUT2D eigenvalue weighted by atomic mass is 10.1. The standard InChI is InChI=1S/C15H13F3O2/c1-9(19)12-6-5-11(16)7-14(12)20-8-10-3-2-4-13(17)15(10)18/h2-7,9,19H,8H2,1H3/t9-/m0/s1. The second-order valence-electron chi connectivity index (χ2n) is 4.36. The molecule has 0 unspecified atom stereocenters. The summed E-state index contributed by atoms with van der Waals surface area (Å²) in [7, 11) is 0. The lowest BCUT2D eigenvalue weighted by Gasteiger charge is -2.14. The van der Waals surface area contributed by atoms with Gasteiger partial charge in [0.1, 0.15) is 18.2 Å². The van der Waals surface area contributed by atoms with E-state index in [2.05, 4.69) is 0 Å². The van der Waals surface area contributed by atoms with Crippen LogP contribution in [0.2, 0.25) is 0 Å². The Bertz CT molecular complexity index is 612. The van der Waals surface area contributed by atoms with E-state index in [1.165, 1.54) is 31.2 Å². The van der Waals surface area contributed by atoms with Gasteiger partial charge in [0.15, 0.2) is 11.6 Å². The van der Waals surface area contributed by atoms with E-state index in [1.807, 2.05) is 0 Å². The molecule has 106 valence electrons. The van der Waals surface area contributed by atoms with Gasteiger partial charge in [0.25, 0.3) is 0 Å². The van der Waals surface area contributed by atoms with Crippen LogP contribution in [0.1, 0.15) is 24.2 Å². The monoisotopic (exact) mass is 282 g/mol. The van der Waals surface area contributed by atoms with Crippen molar-refractivity contribution in [2.75, 3.05) is 0 Å². The average molecular weight is 282 g/mol. The molecular weight excluding hydrogens is 269 g/mol. The molecule has 1 atom stereocenters. The van der Waals surface area contributed by atoms with Crippen molar-refractivity contribution in [3.63, 3.8) is 0 Å². The van der Waals surface area contributed by atoms with Crippen molar-refractivity contribution in [2.45, 2.75) is 19.6 Å². The van der Waals surface area contributed by atoms with E-state index in [4.69, 9.17) is 4.74 Å². The van der Waals surface area contributed by atoms with E-state index in [0.717, 1.165) is 12.1 Å². The van der Waals surface area contributed by atoms with Gasteiger partial charge in [0.2, 0.25) is 0 Å². The van der Waals surface area contributed by atoms with Crippen molar-refractivity contribution in [2.24, 2.45) is 0 Å². The molecule has 5 heteroatoms. The second-order valence-corrected chi connectivity index (χ2v) is 4.36. The maximum atomic E-state index is 13.5. The van der Waals surface area contributed by atoms with Crippen LogP contribution in [0.5, 0.6) is 5.75 Å². The number of halogens is 3. The number of benzene rings is 2. The first kappa shape index (κ1) is 14.4. The number of aliphatic hydroxyl groups excluding tert-OH is 1. The minimum atomic E-state index is -0.998. The van der Waals surface area contributed by atoms with Crippen molar-refractivity contribution in [1.29, 1.82) is 0 Å². The molecule has 0 radical (unpaired) electrons. The second kappa shape index (κ2) is 5.96. The Kier molecular flexibility index (Phi) is 4.29. The zero-order valence-electron chi connectivity index (χ0n) is 10.7. The third-order valence-electron chi connectivity index (χ3n) is 2.84. The molecule has 0 aliphatic carbocycles. The van der Waals surface area contributed by atoms with Gasteiger partial charge in [-0.2, -0.15) is 0 Å². The largest absolute Gasteiger partial charge is 0.488 e. The minimum absolute atomic E-state index is 0.0193. The Balaban J connectivity index is 2.22. The maximum absolute atomic E-state index is 13.5. The molecule has 0 saturated heterocycles. The van der Waals surface area contributed by atoms with Crippen molar-refractivity contribution < 1.29 is 23.0 Å². The quantitative estimate of drug-likeness (QED) is 0.925. The molecule has 0 bridgehead atoms. The fourth-order valence-electron chi connectivity index (χ4n) is 1.79. The number of aliphatic hydroxyl groups is 1. The Labute approximate surface area is 114 Å². The maximum Gasteiger partial charge on any atom is 0.165 e. The van der Waals surface area contributed by atoms with Gasteiger partial charge < -0.3 is 9.84 Å². The minimum Gasteiger partial charge on any atom is -0.488 e. The first-order chi connectivity index (χ1) is 9.49. The van der Waals surface area contributed by atoms with Crippen LogP contribution in [-0.4, -0.2) is 5.11 Å². The van der Waals surface area contributed by atoms with Crippen LogP contribution in [-0.2, 0) is 6.61 Å². The molecule has 0 aliphatic heterocycles. The molecule has 0 amide bonds. The molecule has 0 saturated carbocycles. The third kappa shape index (κ3) is 3.11. The van der Waals surface area contributed by atoms with Gasteiger partial charge in [-0.3, -0.25) is 0 Å². The molecule has 20 heavy (non-hydrogen) atoms. The molecule has 0 aromatic heterocycles. The van der Waals surface area contributed by atoms with Crippen LogP contribution in [0.3, 0.4) is 0 Å². The Morgan fingerprint density at radius 2 is 1.90 bits per heavy atom. The predicted molar refractivity (Wildman–Crippen MR) is 67.7 cm³/mol. The number of ether oxygens (including phenoxy) is 1. The average Bonchev–Trinajstić information content (AvgIpc) is 2.40. The molecule has 2 aromatic carbocycles. The van der Waals surface area contributed by atoms with Gasteiger partial charge in [-0.25, -0.2) is 13.2 Å². The summed E-state index contributed by atoms with van der Waals surface area (Å²) in [6.45, 7) is 1.25. The van der Waals surface area contributed by atoms with Crippen LogP contribution in [0.15, 0.2) is 36.4 Å². The van der Waals surface area contributed by atoms with E-state index >= 15 is 0 Å². The van der Waals surface area contributed by atoms with Gasteiger partial charge in [-0.05, 0) is 25.1 Å². The summed E-state index contributed by atoms with van der Waals surface area (Å²) in [4.78, 5) is 0. The van der Waals surface area contributed by atoms with Crippen molar-refractivity contribution in [3.05, 3.63) is 65.0 Å². The Morgan fingerprint density at radius 3 is 2.60 bits per heavy atom. The van der Waals surface area contributed by atoms with Gasteiger partial charge in [-0.1, -0.05) is 12.1 Å². The zero-order valence-corrected chi connectivity index (χ0v) is 10.7. The highest BCUT2D eigenvalue weighted by Crippen LogP contribution is 2.27. The molecule has 0 aliphatic rings. The molecule has 1 N–H and O–H groups in total. The normalized spacial score (nSPS) is 12.2. The topological polar surface area (TPSA) is 29.5 Å². The summed E-state index contributed by atoms with van der Waals surface area (Å²) >= 11 is 0. The Hall–Kier alpha value is -2.01. The van der Waals surface area contributed by atoms with E-state index in [1.54, 1.807) is 0 Å². The van der Waals surface area contributed by atoms with Crippen LogP contribution in [0.25, 0.3) is 0 Å². The lowest BCUT2D eigenvalue weighted by molar-refractivity contribution is 0.189. The molecule has 0 heterocycles. The van der Waals surface area contributed by atoms with Crippen molar-refractivity contribution in [1.82, 2.24) is 0 Å². The molecule has 2 rings (SSSR count). The van der Waals surface area contributed by atoms with E-state index in [9.17, 15) is 18.3 Å². The van der Waals surface area contributed by atoms with Gasteiger partial charge in [0, 0.05) is 17.2 Å². The number of rotatable bonds is 4. The van der Waals surface area contributed by atoms with E-state index < -0.39 is 23.6 Å². The summed E-state index contributed by atoms with van der Waals surface area (Å²) in [6.07, 6.45) is -0.858. The Morgan fingerprint density at radius 1 is 1.15 bits per heavy atom. The third-order valence-corrected chi connectivity index (χ3v) is 2.84. The van der Waals surface area contributed by atoms with Crippen LogP contribution in [0, 0.1) is 17.5 Å². The zero-order chi connectivity index (χ0) is 14.7. The fourth-order valence-corrected chi connectivity index (χ4v) is 1.79. The van der Waals surface area contributed by atoms with Crippen molar-refractivity contribution in [3.8, 4) is 5.75 Å². The van der Waals surface area contributed by atoms with Gasteiger partial charge in [-0.15, -0.1) is 0 Å². The van der Waals surface area contributed by atoms with E-state index in [-0.39, 0.29) is 17.9 Å². The summed E-state index contributed by atoms with van der Waals surface area (Å²) in [5.41, 5.74) is 0.397. The van der Waals surface area contributed by atoms with Gasteiger partial charge in [0.05, 0.1) is 6.10 Å². The smallest absolute Gasteiger partial charge is 0.165 e. The molecular formula is C15H13F3O2. The highest BCUT2D eigenvalue weighted by atomic mass is 19.2. The molecule has 2 aromatic rings. The lowest BCUT2D eigenvalue weighted by Crippen LogP contribution is -2.04. The highest BCUT2D eigenvalue weighted by Gasteiger charge is 2.13. The van der Waals surface area contributed by atoms with E-state index in [0.29, 0.717) is 5.56 Å². The SMILES string of the molecule is C[C@H](O)c1ccc(F)cc1OCc1cccc(F)c1F.